The molecule has 2 aliphatic heterocycles. The minimum atomic E-state index is -0.413. The number of nitrogens with one attached hydrogen (secondary N) is 2. The molecule has 2 fully saturated rings. The smallest absolute Gasteiger partial charge is 0.251 e. The van der Waals surface area contributed by atoms with Gasteiger partial charge in [0.05, 0.1) is 43.1 Å². The Labute approximate surface area is 214 Å². The quantitative estimate of drug-likeness (QED) is 0.396. The normalized spacial score (nSPS) is 22.8. The number of benzene rings is 2. The number of carbonyl (C=O) groups excluding carboxylic acids is 1. The third-order valence-electron chi connectivity index (χ3n) is 7.25. The summed E-state index contributed by atoms with van der Waals surface area (Å²) >= 11 is 0. The molecule has 0 radical (unpaired) electrons. The largest absolute Gasteiger partial charge is 0.478 e. The monoisotopic (exact) mass is 501 g/mol. The first-order valence-electron chi connectivity index (χ1n) is 12.5. The molecular weight excluding hydrogens is 473 g/mol. The van der Waals surface area contributed by atoms with Crippen LogP contribution < -0.4 is 10.1 Å². The number of ether oxygens (including phenoxy) is 3. The van der Waals surface area contributed by atoms with Crippen LogP contribution in [0.15, 0.2) is 60.7 Å². The van der Waals surface area contributed by atoms with Crippen molar-refractivity contribution in [1.82, 2.24) is 15.3 Å². The number of fused-ring (bicyclic) bond motifs is 2. The molecule has 4 aromatic rings. The number of aromatic amines is 1. The van der Waals surface area contributed by atoms with Crippen LogP contribution in [0.25, 0.3) is 33.4 Å². The molecule has 2 aliphatic rings. The van der Waals surface area contributed by atoms with Crippen LogP contribution in [-0.4, -0.2) is 55.0 Å². The highest BCUT2D eigenvalue weighted by Gasteiger charge is 2.46. The molecule has 0 saturated carbocycles. The lowest BCUT2D eigenvalue weighted by molar-refractivity contribution is 0.0527. The Morgan fingerprint density at radius 3 is 2.43 bits per heavy atom. The zero-order chi connectivity index (χ0) is 25.5. The van der Waals surface area contributed by atoms with Crippen LogP contribution in [0, 0.1) is 17.7 Å². The molecule has 4 atom stereocenters. The van der Waals surface area contributed by atoms with Gasteiger partial charge in [-0.1, -0.05) is 43.3 Å². The van der Waals surface area contributed by atoms with Crippen molar-refractivity contribution < 1.29 is 23.4 Å². The average Bonchev–Trinajstić information content (AvgIpc) is 3.62. The fraction of sp³-hybridized carbons (Fsp3) is 0.310. The summed E-state index contributed by atoms with van der Waals surface area (Å²) in [5.74, 6) is 0.571. The predicted molar refractivity (Wildman–Crippen MR) is 138 cm³/mol. The fourth-order valence-electron chi connectivity index (χ4n) is 5.17. The van der Waals surface area contributed by atoms with E-state index in [2.05, 4.69) is 22.2 Å². The third kappa shape index (κ3) is 4.47. The van der Waals surface area contributed by atoms with Crippen LogP contribution in [0.4, 0.5) is 4.39 Å². The molecule has 1 amide bonds. The van der Waals surface area contributed by atoms with Gasteiger partial charge in [-0.05, 0) is 23.3 Å². The Morgan fingerprint density at radius 2 is 1.70 bits per heavy atom. The lowest BCUT2D eigenvalue weighted by Gasteiger charge is -2.15. The van der Waals surface area contributed by atoms with Crippen molar-refractivity contribution in [2.75, 3.05) is 26.9 Å². The Hall–Kier alpha value is -3.75. The summed E-state index contributed by atoms with van der Waals surface area (Å²) in [6.07, 6.45) is 0.209. The number of hydrogen-bond donors (Lipinski definition) is 2. The first-order valence-corrected chi connectivity index (χ1v) is 12.5. The van der Waals surface area contributed by atoms with Crippen LogP contribution in [0.5, 0.6) is 5.88 Å². The van der Waals surface area contributed by atoms with Crippen LogP contribution in [0.3, 0.4) is 0 Å². The van der Waals surface area contributed by atoms with Gasteiger partial charge in [0.25, 0.3) is 5.91 Å². The summed E-state index contributed by atoms with van der Waals surface area (Å²) in [4.78, 5) is 19.5. The fourth-order valence-corrected chi connectivity index (χ4v) is 5.17. The van der Waals surface area contributed by atoms with E-state index in [4.69, 9.17) is 14.2 Å². The lowest BCUT2D eigenvalue weighted by atomic mass is 9.98. The lowest BCUT2D eigenvalue weighted by Crippen LogP contribution is -2.28. The van der Waals surface area contributed by atoms with Gasteiger partial charge in [-0.2, -0.15) is 0 Å². The van der Waals surface area contributed by atoms with E-state index in [1.807, 2.05) is 36.4 Å². The van der Waals surface area contributed by atoms with E-state index in [0.29, 0.717) is 47.2 Å². The summed E-state index contributed by atoms with van der Waals surface area (Å²) in [6, 6.07) is 18.1. The highest BCUT2D eigenvalue weighted by atomic mass is 19.1. The number of carbonyl (C=O) groups is 1. The maximum Gasteiger partial charge on any atom is 0.251 e. The van der Waals surface area contributed by atoms with E-state index in [9.17, 15) is 4.79 Å². The van der Waals surface area contributed by atoms with Gasteiger partial charge in [0.2, 0.25) is 0 Å². The molecule has 37 heavy (non-hydrogen) atoms. The van der Waals surface area contributed by atoms with Crippen LogP contribution in [-0.2, 0) is 9.47 Å². The molecule has 2 N–H and O–H groups in total. The standard InChI is InChI=1S/C29H28FN3O4/c1-16-13-36-28-21(15-37-27(16)28)14-35-25-12-24-23(32-25)11-22(30)26(33-24)19-7-3-17(4-8-19)18-5-9-20(10-6-18)29(34)31-2/h3-12,16,21,27-28,32H,13-15H2,1-2H3,(H,31,34)/t16-,21-,27-,28-/m1/s1. The van der Waals surface area contributed by atoms with Gasteiger partial charge in [0, 0.05) is 42.1 Å². The van der Waals surface area contributed by atoms with Crippen molar-refractivity contribution in [3.63, 3.8) is 0 Å². The highest BCUT2D eigenvalue weighted by molar-refractivity contribution is 5.94. The second-order valence-corrected chi connectivity index (χ2v) is 9.76. The Bertz CT molecular complexity index is 1430. The number of pyridine rings is 1. The number of rotatable bonds is 6. The first kappa shape index (κ1) is 23.6. The second-order valence-electron chi connectivity index (χ2n) is 9.76. The molecule has 8 heteroatoms. The zero-order valence-electron chi connectivity index (χ0n) is 20.7. The van der Waals surface area contributed by atoms with Crippen molar-refractivity contribution in [1.29, 1.82) is 0 Å². The van der Waals surface area contributed by atoms with E-state index < -0.39 is 5.82 Å². The Kier molecular flexibility index (Phi) is 6.14. The molecule has 0 unspecified atom stereocenters. The first-order chi connectivity index (χ1) is 18.0. The SMILES string of the molecule is CNC(=O)c1ccc(-c2ccc(-c3nc4cc(OC[C@@H]5CO[C@H]6[C@@H]5OC[C@H]6C)[nH]c4cc3F)cc2)cc1. The minimum Gasteiger partial charge on any atom is -0.478 e. The summed E-state index contributed by atoms with van der Waals surface area (Å²) in [5.41, 5.74) is 4.69. The molecule has 0 bridgehead atoms. The van der Waals surface area contributed by atoms with Crippen LogP contribution in [0.2, 0.25) is 0 Å². The van der Waals surface area contributed by atoms with Gasteiger partial charge in [-0.25, -0.2) is 9.37 Å². The minimum absolute atomic E-state index is 0.0679. The van der Waals surface area contributed by atoms with Crippen molar-refractivity contribution >= 4 is 16.9 Å². The Balaban J connectivity index is 1.17. The molecule has 4 heterocycles. The summed E-state index contributed by atoms with van der Waals surface area (Å²) in [6.45, 7) is 3.94. The van der Waals surface area contributed by atoms with Crippen LogP contribution in [0.1, 0.15) is 17.3 Å². The number of aromatic nitrogens is 2. The molecule has 2 saturated heterocycles. The highest BCUT2D eigenvalue weighted by Crippen LogP contribution is 2.35. The maximum absolute atomic E-state index is 15.0. The van der Waals surface area contributed by atoms with Crippen molar-refractivity contribution in [3.8, 4) is 28.3 Å². The molecule has 190 valence electrons. The summed E-state index contributed by atoms with van der Waals surface area (Å²) in [7, 11) is 1.60. The van der Waals surface area contributed by atoms with Gasteiger partial charge in [-0.3, -0.25) is 4.79 Å². The van der Waals surface area contributed by atoms with Gasteiger partial charge < -0.3 is 24.5 Å². The average molecular weight is 502 g/mol. The Morgan fingerprint density at radius 1 is 1.03 bits per heavy atom. The van der Waals surface area contributed by atoms with Crippen molar-refractivity contribution in [2.24, 2.45) is 11.8 Å². The van der Waals surface area contributed by atoms with E-state index in [-0.39, 0.29) is 29.7 Å². The number of H-pyrrole nitrogens is 1. The maximum atomic E-state index is 15.0. The molecule has 2 aromatic carbocycles. The van der Waals surface area contributed by atoms with E-state index in [1.165, 1.54) is 6.07 Å². The molecule has 0 aliphatic carbocycles. The molecule has 7 nitrogen and oxygen atoms in total. The van der Waals surface area contributed by atoms with Gasteiger partial charge in [0.1, 0.15) is 5.69 Å². The van der Waals surface area contributed by atoms with Crippen molar-refractivity contribution in [2.45, 2.75) is 19.1 Å². The molecule has 2 aromatic heterocycles. The molecular formula is C29H28FN3O4. The predicted octanol–water partition coefficient (Wildman–Crippen LogP) is 4.82. The van der Waals surface area contributed by atoms with Crippen molar-refractivity contribution in [3.05, 3.63) is 72.0 Å². The number of hydrogen-bond acceptors (Lipinski definition) is 5. The van der Waals surface area contributed by atoms with E-state index in [1.54, 1.807) is 25.2 Å². The number of nitrogens with zero attached hydrogens (tertiary/aromatic N) is 1. The summed E-state index contributed by atoms with van der Waals surface area (Å²) in [5, 5.41) is 2.61. The van der Waals surface area contributed by atoms with Gasteiger partial charge in [-0.15, -0.1) is 0 Å². The molecule has 6 rings (SSSR count). The molecule has 0 spiro atoms. The van der Waals surface area contributed by atoms with Gasteiger partial charge >= 0.3 is 0 Å². The van der Waals surface area contributed by atoms with E-state index >= 15 is 4.39 Å². The number of amides is 1. The zero-order valence-corrected chi connectivity index (χ0v) is 20.7. The third-order valence-corrected chi connectivity index (χ3v) is 7.25. The van der Waals surface area contributed by atoms with Gasteiger partial charge in [0.15, 0.2) is 11.7 Å². The summed E-state index contributed by atoms with van der Waals surface area (Å²) < 4.78 is 32.8. The van der Waals surface area contributed by atoms with Crippen LogP contribution >= 0.6 is 0 Å². The number of halogens is 1. The van der Waals surface area contributed by atoms with E-state index in [0.717, 1.165) is 17.7 Å². The topological polar surface area (TPSA) is 85.5 Å². The second kappa shape index (κ2) is 9.61.